The molecule has 3 nitrogen and oxygen atoms in total. The van der Waals surface area contributed by atoms with Gasteiger partial charge in [0.2, 0.25) is 0 Å². The molecule has 0 saturated heterocycles. The van der Waals surface area contributed by atoms with Gasteiger partial charge in [0.25, 0.3) is 0 Å². The van der Waals surface area contributed by atoms with Crippen LogP contribution in [0.15, 0.2) is 23.4 Å². The molecule has 4 heteroatoms. The topological polar surface area (TPSA) is 30.8 Å². The molecule has 0 unspecified atom stereocenters. The molecular weight excluding hydrogens is 197 g/mol. The van der Waals surface area contributed by atoms with E-state index in [2.05, 4.69) is 5.16 Å². The Balaban J connectivity index is 2.00. The van der Waals surface area contributed by atoms with Crippen molar-refractivity contribution in [3.63, 3.8) is 0 Å². The van der Waals surface area contributed by atoms with Crippen LogP contribution in [0.4, 0.5) is 4.39 Å². The van der Waals surface area contributed by atoms with Crippen LogP contribution in [0.1, 0.15) is 12.0 Å². The average Bonchev–Trinajstić information content (AvgIpc) is 2.72. The van der Waals surface area contributed by atoms with Gasteiger partial charge in [-0.1, -0.05) is 11.2 Å². The molecule has 0 bridgehead atoms. The smallest absolute Gasteiger partial charge is 0.165 e. The molecule has 2 rings (SSSR count). The number of rotatable bonds is 3. The van der Waals surface area contributed by atoms with Gasteiger partial charge in [0.15, 0.2) is 11.6 Å². The SMILES string of the molecule is Cc1ccc(F)c(OCC2=NOCC2)c1. The van der Waals surface area contributed by atoms with Crippen molar-refractivity contribution in [3.8, 4) is 5.75 Å². The van der Waals surface area contributed by atoms with Crippen LogP contribution >= 0.6 is 0 Å². The van der Waals surface area contributed by atoms with Crippen LogP contribution < -0.4 is 4.74 Å². The molecule has 1 aliphatic rings. The van der Waals surface area contributed by atoms with Gasteiger partial charge in [-0.25, -0.2) is 4.39 Å². The monoisotopic (exact) mass is 209 g/mol. The lowest BCUT2D eigenvalue weighted by molar-refractivity contribution is 0.173. The predicted molar refractivity (Wildman–Crippen MR) is 54.6 cm³/mol. The van der Waals surface area contributed by atoms with E-state index in [0.717, 1.165) is 17.7 Å². The molecule has 0 aliphatic carbocycles. The summed E-state index contributed by atoms with van der Waals surface area (Å²) in [5.41, 5.74) is 1.78. The number of benzene rings is 1. The number of hydrogen-bond donors (Lipinski definition) is 0. The lowest BCUT2D eigenvalue weighted by Crippen LogP contribution is -2.10. The summed E-state index contributed by atoms with van der Waals surface area (Å²) in [6.07, 6.45) is 0.757. The van der Waals surface area contributed by atoms with E-state index < -0.39 is 0 Å². The largest absolute Gasteiger partial charge is 0.484 e. The summed E-state index contributed by atoms with van der Waals surface area (Å²) in [5, 5.41) is 3.77. The van der Waals surface area contributed by atoms with E-state index >= 15 is 0 Å². The lowest BCUT2D eigenvalue weighted by atomic mass is 10.2. The quantitative estimate of drug-likeness (QED) is 0.764. The Hall–Kier alpha value is -1.58. The molecule has 15 heavy (non-hydrogen) atoms. The van der Waals surface area contributed by atoms with Gasteiger partial charge in [0.1, 0.15) is 13.2 Å². The molecule has 0 fully saturated rings. The number of nitrogens with zero attached hydrogens (tertiary/aromatic N) is 1. The van der Waals surface area contributed by atoms with Gasteiger partial charge >= 0.3 is 0 Å². The number of ether oxygens (including phenoxy) is 1. The van der Waals surface area contributed by atoms with Gasteiger partial charge in [-0.05, 0) is 24.6 Å². The molecule has 1 heterocycles. The van der Waals surface area contributed by atoms with E-state index in [0.29, 0.717) is 13.2 Å². The second-order valence-corrected chi connectivity index (χ2v) is 3.46. The first-order valence-corrected chi connectivity index (χ1v) is 4.82. The van der Waals surface area contributed by atoms with Crippen LogP contribution in [0, 0.1) is 12.7 Å². The number of halogens is 1. The molecule has 0 radical (unpaired) electrons. The van der Waals surface area contributed by atoms with E-state index in [-0.39, 0.29) is 11.6 Å². The Morgan fingerprint density at radius 2 is 2.40 bits per heavy atom. The second-order valence-electron chi connectivity index (χ2n) is 3.46. The Morgan fingerprint density at radius 3 is 3.13 bits per heavy atom. The van der Waals surface area contributed by atoms with Gasteiger partial charge in [-0.3, -0.25) is 0 Å². The summed E-state index contributed by atoms with van der Waals surface area (Å²) >= 11 is 0. The molecule has 0 atom stereocenters. The third-order valence-electron chi connectivity index (χ3n) is 2.16. The predicted octanol–water partition coefficient (Wildman–Crippen LogP) is 2.29. The molecule has 80 valence electrons. The van der Waals surface area contributed by atoms with Gasteiger partial charge in [0, 0.05) is 6.42 Å². The summed E-state index contributed by atoms with van der Waals surface area (Å²) in [6.45, 7) is 2.78. The molecule has 1 aromatic carbocycles. The van der Waals surface area contributed by atoms with Crippen LogP contribution in [0.3, 0.4) is 0 Å². The van der Waals surface area contributed by atoms with E-state index in [1.165, 1.54) is 6.07 Å². The van der Waals surface area contributed by atoms with Gasteiger partial charge in [-0.2, -0.15) is 0 Å². The summed E-state index contributed by atoms with van der Waals surface area (Å²) in [6, 6.07) is 4.78. The molecule has 0 spiro atoms. The lowest BCUT2D eigenvalue weighted by Gasteiger charge is -2.06. The molecule has 0 aromatic heterocycles. The van der Waals surface area contributed by atoms with E-state index in [9.17, 15) is 4.39 Å². The molecule has 0 saturated carbocycles. The van der Waals surface area contributed by atoms with Crippen LogP contribution in [0.5, 0.6) is 5.75 Å². The standard InChI is InChI=1S/C11H12FNO2/c1-8-2-3-10(12)11(6-8)14-7-9-4-5-15-13-9/h2-3,6H,4-5,7H2,1H3. The highest BCUT2D eigenvalue weighted by atomic mass is 19.1. The minimum absolute atomic E-state index is 0.268. The average molecular weight is 209 g/mol. The maximum atomic E-state index is 13.2. The molecular formula is C11H12FNO2. The van der Waals surface area contributed by atoms with Gasteiger partial charge in [0.05, 0.1) is 5.71 Å². The van der Waals surface area contributed by atoms with Crippen LogP contribution in [-0.2, 0) is 4.84 Å². The molecule has 1 aliphatic heterocycles. The fourth-order valence-electron chi connectivity index (χ4n) is 1.33. The van der Waals surface area contributed by atoms with Crippen molar-refractivity contribution in [1.82, 2.24) is 0 Å². The molecule has 0 N–H and O–H groups in total. The van der Waals surface area contributed by atoms with Crippen LogP contribution in [-0.4, -0.2) is 18.9 Å². The summed E-state index contributed by atoms with van der Waals surface area (Å²) < 4.78 is 18.6. The zero-order valence-electron chi connectivity index (χ0n) is 8.50. The highest BCUT2D eigenvalue weighted by Crippen LogP contribution is 2.18. The second kappa shape index (κ2) is 4.29. The Kier molecular flexibility index (Phi) is 2.85. The van der Waals surface area contributed by atoms with Crippen molar-refractivity contribution in [2.45, 2.75) is 13.3 Å². The minimum Gasteiger partial charge on any atom is -0.484 e. The Bertz CT molecular complexity index is 390. The summed E-state index contributed by atoms with van der Waals surface area (Å²) in [5.74, 6) is -0.0790. The highest BCUT2D eigenvalue weighted by Gasteiger charge is 2.10. The zero-order valence-corrected chi connectivity index (χ0v) is 8.50. The number of oxime groups is 1. The van der Waals surface area contributed by atoms with Gasteiger partial charge < -0.3 is 9.57 Å². The van der Waals surface area contributed by atoms with Crippen LogP contribution in [0.25, 0.3) is 0 Å². The third-order valence-corrected chi connectivity index (χ3v) is 2.16. The van der Waals surface area contributed by atoms with E-state index in [4.69, 9.17) is 9.57 Å². The van der Waals surface area contributed by atoms with Crippen molar-refractivity contribution in [3.05, 3.63) is 29.6 Å². The highest BCUT2D eigenvalue weighted by molar-refractivity contribution is 5.86. The molecule has 0 amide bonds. The third kappa shape index (κ3) is 2.46. The molecule has 1 aromatic rings. The van der Waals surface area contributed by atoms with Crippen molar-refractivity contribution in [2.24, 2.45) is 5.16 Å². The van der Waals surface area contributed by atoms with E-state index in [1.807, 2.05) is 6.92 Å². The van der Waals surface area contributed by atoms with Crippen molar-refractivity contribution < 1.29 is 14.0 Å². The number of aryl methyl sites for hydroxylation is 1. The summed E-state index contributed by atoms with van der Waals surface area (Å²) in [7, 11) is 0. The fourth-order valence-corrected chi connectivity index (χ4v) is 1.33. The summed E-state index contributed by atoms with van der Waals surface area (Å²) in [4.78, 5) is 4.81. The first-order chi connectivity index (χ1) is 7.25. The van der Waals surface area contributed by atoms with Crippen LogP contribution in [0.2, 0.25) is 0 Å². The Labute approximate surface area is 87.5 Å². The maximum Gasteiger partial charge on any atom is 0.165 e. The van der Waals surface area contributed by atoms with Crippen molar-refractivity contribution in [1.29, 1.82) is 0 Å². The van der Waals surface area contributed by atoms with Crippen molar-refractivity contribution >= 4 is 5.71 Å². The van der Waals surface area contributed by atoms with Crippen molar-refractivity contribution in [2.75, 3.05) is 13.2 Å². The Morgan fingerprint density at radius 1 is 1.53 bits per heavy atom. The minimum atomic E-state index is -0.347. The number of hydrogen-bond acceptors (Lipinski definition) is 3. The normalized spacial score (nSPS) is 14.7. The first-order valence-electron chi connectivity index (χ1n) is 4.82. The maximum absolute atomic E-state index is 13.2. The van der Waals surface area contributed by atoms with E-state index in [1.54, 1.807) is 12.1 Å². The van der Waals surface area contributed by atoms with Gasteiger partial charge in [-0.15, -0.1) is 0 Å². The first kappa shape index (κ1) is 9.96. The fraction of sp³-hybridized carbons (Fsp3) is 0.364. The zero-order chi connectivity index (χ0) is 10.7.